The van der Waals surface area contributed by atoms with Crippen molar-refractivity contribution in [3.8, 4) is 17.2 Å². The van der Waals surface area contributed by atoms with E-state index >= 15 is 0 Å². The number of rotatable bonds is 7. The molecule has 9 heteroatoms. The van der Waals surface area contributed by atoms with Crippen LogP contribution in [0.3, 0.4) is 0 Å². The van der Waals surface area contributed by atoms with Crippen molar-refractivity contribution >= 4 is 23.4 Å². The Hall–Kier alpha value is -3.07. The van der Waals surface area contributed by atoms with Crippen LogP contribution in [0.2, 0.25) is 0 Å². The second-order valence-electron chi connectivity index (χ2n) is 6.13. The number of hydrogen-bond donors (Lipinski definition) is 1. The fourth-order valence-corrected chi connectivity index (χ4v) is 3.45. The molecule has 0 atom stereocenters. The Labute approximate surface area is 167 Å². The van der Waals surface area contributed by atoms with Crippen molar-refractivity contribution < 1.29 is 14.3 Å². The largest absolute Gasteiger partial charge is 0.493 e. The number of thioether (sulfide) groups is 1. The summed E-state index contributed by atoms with van der Waals surface area (Å²) >= 11 is 1.25. The van der Waals surface area contributed by atoms with Gasteiger partial charge in [-0.25, -0.2) is 0 Å². The first-order valence-corrected chi connectivity index (χ1v) is 9.50. The van der Waals surface area contributed by atoms with Crippen LogP contribution in [0.15, 0.2) is 41.6 Å². The van der Waals surface area contributed by atoms with Gasteiger partial charge < -0.3 is 14.8 Å². The molecule has 3 aromatic rings. The van der Waals surface area contributed by atoms with E-state index in [1.165, 1.54) is 11.8 Å². The lowest BCUT2D eigenvalue weighted by Crippen LogP contribution is -2.14. The van der Waals surface area contributed by atoms with Crippen LogP contribution in [-0.4, -0.2) is 46.1 Å². The van der Waals surface area contributed by atoms with E-state index in [1.807, 2.05) is 32.0 Å². The standard InChI is InChI=1S/C19H21N5O3S/c1-12-7-13(2)9-14(8-12)20-18(25)11-28-19-21-22-23-24(19)15-5-6-16(26-3)17(10-15)27-4/h5-10H,11H2,1-4H3,(H,20,25). The SMILES string of the molecule is COc1ccc(-n2nnnc2SCC(=O)Nc2cc(C)cc(C)c2)cc1OC. The molecule has 1 N–H and O–H groups in total. The van der Waals surface area contributed by atoms with Gasteiger partial charge in [-0.1, -0.05) is 17.8 Å². The minimum absolute atomic E-state index is 0.128. The van der Waals surface area contributed by atoms with Gasteiger partial charge in [0.1, 0.15) is 0 Å². The maximum Gasteiger partial charge on any atom is 0.234 e. The minimum Gasteiger partial charge on any atom is -0.493 e. The Kier molecular flexibility index (Phi) is 6.15. The molecule has 0 spiro atoms. The first-order chi connectivity index (χ1) is 13.5. The van der Waals surface area contributed by atoms with Crippen molar-refractivity contribution in [2.45, 2.75) is 19.0 Å². The van der Waals surface area contributed by atoms with Crippen molar-refractivity contribution in [1.29, 1.82) is 0 Å². The Morgan fingerprint density at radius 1 is 1.07 bits per heavy atom. The minimum atomic E-state index is -0.128. The topological polar surface area (TPSA) is 91.2 Å². The fourth-order valence-electron chi connectivity index (χ4n) is 2.76. The number of nitrogens with one attached hydrogen (secondary N) is 1. The fraction of sp³-hybridized carbons (Fsp3) is 0.263. The van der Waals surface area contributed by atoms with Crippen molar-refractivity contribution in [3.63, 3.8) is 0 Å². The molecule has 146 valence electrons. The van der Waals surface area contributed by atoms with E-state index in [1.54, 1.807) is 31.0 Å². The maximum atomic E-state index is 12.3. The first-order valence-electron chi connectivity index (χ1n) is 8.52. The Morgan fingerprint density at radius 3 is 2.46 bits per heavy atom. The highest BCUT2D eigenvalue weighted by Gasteiger charge is 2.14. The highest BCUT2D eigenvalue weighted by Crippen LogP contribution is 2.30. The number of aromatic nitrogens is 4. The van der Waals surface area contributed by atoms with Crippen molar-refractivity contribution in [2.75, 3.05) is 25.3 Å². The smallest absolute Gasteiger partial charge is 0.234 e. The summed E-state index contributed by atoms with van der Waals surface area (Å²) in [5.41, 5.74) is 3.68. The van der Waals surface area contributed by atoms with Gasteiger partial charge in [0, 0.05) is 11.8 Å². The number of carbonyl (C=O) groups is 1. The number of nitrogens with zero attached hydrogens (tertiary/aromatic N) is 4. The molecule has 28 heavy (non-hydrogen) atoms. The second kappa shape index (κ2) is 8.75. The number of carbonyl (C=O) groups excluding carboxylic acids is 1. The molecule has 1 amide bonds. The van der Waals surface area contributed by atoms with Crippen molar-refractivity contribution in [3.05, 3.63) is 47.5 Å². The van der Waals surface area contributed by atoms with Crippen LogP contribution < -0.4 is 14.8 Å². The van der Waals surface area contributed by atoms with E-state index < -0.39 is 0 Å². The summed E-state index contributed by atoms with van der Waals surface area (Å²) in [7, 11) is 3.14. The molecule has 0 fully saturated rings. The van der Waals surface area contributed by atoms with Gasteiger partial charge in [-0.15, -0.1) is 5.10 Å². The molecule has 3 rings (SSSR count). The molecule has 1 aromatic heterocycles. The third-order valence-electron chi connectivity index (χ3n) is 3.89. The van der Waals surface area contributed by atoms with Gasteiger partial charge >= 0.3 is 0 Å². The third kappa shape index (κ3) is 4.61. The van der Waals surface area contributed by atoms with Crippen LogP contribution in [-0.2, 0) is 4.79 Å². The summed E-state index contributed by atoms with van der Waals surface area (Å²) in [6.07, 6.45) is 0. The van der Waals surface area contributed by atoms with Gasteiger partial charge in [-0.3, -0.25) is 4.79 Å². The van der Waals surface area contributed by atoms with E-state index in [2.05, 4.69) is 26.9 Å². The Morgan fingerprint density at radius 2 is 1.79 bits per heavy atom. The van der Waals surface area contributed by atoms with Gasteiger partial charge in [-0.2, -0.15) is 4.68 Å². The maximum absolute atomic E-state index is 12.3. The lowest BCUT2D eigenvalue weighted by Gasteiger charge is -2.10. The molecule has 1 heterocycles. The number of methoxy groups -OCH3 is 2. The predicted molar refractivity (Wildman–Crippen MR) is 108 cm³/mol. The van der Waals surface area contributed by atoms with Crippen LogP contribution in [0, 0.1) is 13.8 Å². The molecule has 0 aliphatic carbocycles. The van der Waals surface area contributed by atoms with E-state index in [9.17, 15) is 4.79 Å². The summed E-state index contributed by atoms with van der Waals surface area (Å²) in [6, 6.07) is 11.3. The monoisotopic (exact) mass is 399 g/mol. The van der Waals surface area contributed by atoms with Gasteiger partial charge in [-0.05, 0) is 59.7 Å². The van der Waals surface area contributed by atoms with Gasteiger partial charge in [0.25, 0.3) is 0 Å². The lowest BCUT2D eigenvalue weighted by molar-refractivity contribution is -0.113. The summed E-state index contributed by atoms with van der Waals surface area (Å²) in [5.74, 6) is 1.23. The molecule has 0 aliphatic rings. The number of benzene rings is 2. The molecule has 0 saturated heterocycles. The predicted octanol–water partition coefficient (Wildman–Crippen LogP) is 3.03. The average Bonchev–Trinajstić information content (AvgIpc) is 3.13. The van der Waals surface area contributed by atoms with Gasteiger partial charge in [0.05, 0.1) is 25.7 Å². The summed E-state index contributed by atoms with van der Waals surface area (Å²) in [4.78, 5) is 12.3. The number of aryl methyl sites for hydroxylation is 2. The molecular weight excluding hydrogens is 378 g/mol. The van der Waals surface area contributed by atoms with Crippen LogP contribution in [0.1, 0.15) is 11.1 Å². The molecule has 0 radical (unpaired) electrons. The van der Waals surface area contributed by atoms with Crippen LogP contribution >= 0.6 is 11.8 Å². The molecule has 2 aromatic carbocycles. The molecule has 8 nitrogen and oxygen atoms in total. The summed E-state index contributed by atoms with van der Waals surface area (Å²) in [6.45, 7) is 3.99. The third-order valence-corrected chi connectivity index (χ3v) is 4.81. The zero-order valence-corrected chi connectivity index (χ0v) is 16.9. The summed E-state index contributed by atoms with van der Waals surface area (Å²) < 4.78 is 12.1. The quantitative estimate of drug-likeness (QED) is 0.611. The number of anilines is 1. The van der Waals surface area contributed by atoms with Crippen molar-refractivity contribution in [2.24, 2.45) is 0 Å². The number of hydrogen-bond acceptors (Lipinski definition) is 7. The van der Waals surface area contributed by atoms with E-state index in [-0.39, 0.29) is 11.7 Å². The normalized spacial score (nSPS) is 10.6. The van der Waals surface area contributed by atoms with E-state index in [0.717, 1.165) is 16.8 Å². The summed E-state index contributed by atoms with van der Waals surface area (Å²) in [5, 5.41) is 15.1. The molecule has 0 bridgehead atoms. The zero-order valence-electron chi connectivity index (χ0n) is 16.1. The van der Waals surface area contributed by atoms with Gasteiger partial charge in [0.2, 0.25) is 11.1 Å². The van der Waals surface area contributed by atoms with Crippen molar-refractivity contribution in [1.82, 2.24) is 20.2 Å². The number of tetrazole rings is 1. The van der Waals surface area contributed by atoms with Crippen LogP contribution in [0.4, 0.5) is 5.69 Å². The molecule has 0 saturated carbocycles. The number of amides is 1. The average molecular weight is 399 g/mol. The molecular formula is C19H21N5O3S. The Balaban J connectivity index is 1.70. The lowest BCUT2D eigenvalue weighted by atomic mass is 10.1. The van der Waals surface area contributed by atoms with Crippen LogP contribution in [0.25, 0.3) is 5.69 Å². The molecule has 0 unspecified atom stereocenters. The molecule has 0 aliphatic heterocycles. The van der Waals surface area contributed by atoms with E-state index in [0.29, 0.717) is 22.3 Å². The number of ether oxygens (including phenoxy) is 2. The highest BCUT2D eigenvalue weighted by atomic mass is 32.2. The second-order valence-corrected chi connectivity index (χ2v) is 7.07. The van der Waals surface area contributed by atoms with E-state index in [4.69, 9.17) is 9.47 Å². The highest BCUT2D eigenvalue weighted by molar-refractivity contribution is 7.99. The zero-order chi connectivity index (χ0) is 20.1. The first kappa shape index (κ1) is 19.7. The van der Waals surface area contributed by atoms with Gasteiger partial charge in [0.15, 0.2) is 11.5 Å². The van der Waals surface area contributed by atoms with Crippen LogP contribution in [0.5, 0.6) is 11.5 Å². The Bertz CT molecular complexity index is 969.